The molecule has 4 N–H and O–H groups in total. The molecule has 0 saturated heterocycles. The van der Waals surface area contributed by atoms with Gasteiger partial charge in [-0.15, -0.1) is 0 Å². The predicted octanol–water partition coefficient (Wildman–Crippen LogP) is 8.55. The topological polar surface area (TPSA) is 115 Å². The number of hydrogen-bond donors (Lipinski definition) is 4. The fraction of sp³-hybridized carbons (Fsp3) is 0.216. The van der Waals surface area contributed by atoms with Crippen LogP contribution in [-0.4, -0.2) is 26.2 Å². The zero-order valence-corrected chi connectivity index (χ0v) is 26.7. The highest BCUT2D eigenvalue weighted by Gasteiger charge is 2.27. The van der Waals surface area contributed by atoms with E-state index in [1.165, 1.54) is 0 Å². The van der Waals surface area contributed by atoms with Gasteiger partial charge in [-0.25, -0.2) is 4.79 Å². The number of hydrogen-bond acceptors (Lipinski definition) is 5. The Bertz CT molecular complexity index is 2200. The number of phenols is 1. The lowest BCUT2D eigenvalue weighted by Crippen LogP contribution is -2.24. The van der Waals surface area contributed by atoms with Gasteiger partial charge >= 0.3 is 5.97 Å². The van der Waals surface area contributed by atoms with Crippen LogP contribution in [0.4, 0.5) is 0 Å². The summed E-state index contributed by atoms with van der Waals surface area (Å²) in [5.74, 6) is -0.962. The van der Waals surface area contributed by atoms with Gasteiger partial charge in [0.2, 0.25) is 5.43 Å². The predicted molar refractivity (Wildman–Crippen MR) is 181 cm³/mol. The van der Waals surface area contributed by atoms with Crippen molar-refractivity contribution in [3.8, 4) is 28.1 Å². The van der Waals surface area contributed by atoms with Crippen LogP contribution < -0.4 is 10.7 Å². The second-order valence-electron chi connectivity index (χ2n) is 11.9. The number of H-pyrrole nitrogens is 1. The van der Waals surface area contributed by atoms with Gasteiger partial charge in [0.25, 0.3) is 0 Å². The molecule has 7 nitrogen and oxygen atoms in total. The minimum absolute atomic E-state index is 0.0514. The van der Waals surface area contributed by atoms with Crippen molar-refractivity contribution in [1.82, 2.24) is 15.3 Å². The lowest BCUT2D eigenvalue weighted by atomic mass is 9.86. The molecule has 3 aromatic carbocycles. The normalized spacial score (nSPS) is 13.0. The minimum atomic E-state index is -1.07. The van der Waals surface area contributed by atoms with E-state index in [1.54, 1.807) is 37.3 Å². The molecule has 6 rings (SSSR count). The van der Waals surface area contributed by atoms with Crippen LogP contribution in [-0.2, 0) is 0 Å². The van der Waals surface area contributed by atoms with Gasteiger partial charge < -0.3 is 20.5 Å². The fourth-order valence-corrected chi connectivity index (χ4v) is 6.78. The van der Waals surface area contributed by atoms with Crippen LogP contribution in [0.15, 0.2) is 65.5 Å². The van der Waals surface area contributed by atoms with Crippen molar-refractivity contribution in [1.29, 1.82) is 0 Å². The summed E-state index contributed by atoms with van der Waals surface area (Å²) in [5.41, 5.74) is 8.34. The Kier molecular flexibility index (Phi) is 7.63. The number of benzene rings is 4. The maximum absolute atomic E-state index is 13.0. The Hall–Kier alpha value is -4.72. The molecular weight excluding hydrogens is 586 g/mol. The second-order valence-corrected chi connectivity index (χ2v) is 12.3. The number of carbonyl (C=O) groups is 1. The third kappa shape index (κ3) is 5.02. The van der Waals surface area contributed by atoms with Crippen molar-refractivity contribution in [2.45, 2.75) is 53.6 Å². The molecule has 45 heavy (non-hydrogen) atoms. The molecule has 228 valence electrons. The molecular formula is C37H34ClN3O4. The Morgan fingerprint density at radius 1 is 0.911 bits per heavy atom. The highest BCUT2D eigenvalue weighted by Crippen LogP contribution is 2.46. The third-order valence-corrected chi connectivity index (χ3v) is 9.14. The first kappa shape index (κ1) is 30.3. The molecule has 0 fully saturated rings. The molecule has 0 bridgehead atoms. The lowest BCUT2D eigenvalue weighted by Gasteiger charge is -2.27. The SMILES string of the molecule is Cc1ccc2c(C)ccc(C(C)NC(C)c3c(O)c(C)cc4c(-c5ccccc5C(=O)O)c5cc(Cl)c(=O)c(C)c-5[nH]c34)c2n1. The number of phenolic OH excluding ortho intramolecular Hbond substituents is 1. The summed E-state index contributed by atoms with van der Waals surface area (Å²) in [6.07, 6.45) is 0. The van der Waals surface area contributed by atoms with E-state index in [4.69, 9.17) is 16.6 Å². The molecule has 1 aliphatic heterocycles. The maximum atomic E-state index is 13.0. The van der Waals surface area contributed by atoms with E-state index < -0.39 is 5.97 Å². The van der Waals surface area contributed by atoms with E-state index >= 15 is 0 Å². The van der Waals surface area contributed by atoms with Crippen LogP contribution in [0.25, 0.3) is 44.2 Å². The molecule has 1 aromatic heterocycles. The molecule has 2 atom stereocenters. The van der Waals surface area contributed by atoms with Crippen LogP contribution in [0.5, 0.6) is 5.75 Å². The molecule has 4 aromatic rings. The van der Waals surface area contributed by atoms with Gasteiger partial charge in [-0.05, 0) is 88.1 Å². The Balaban J connectivity index is 1.62. The van der Waals surface area contributed by atoms with Gasteiger partial charge in [0.05, 0.1) is 27.3 Å². The number of aryl methyl sites for hydroxylation is 3. The number of nitrogens with zero attached hydrogens (tertiary/aromatic N) is 1. The number of fused-ring (bicyclic) bond motifs is 3. The van der Waals surface area contributed by atoms with Crippen LogP contribution in [0.2, 0.25) is 5.02 Å². The number of rotatable bonds is 6. The number of nitrogens with one attached hydrogen (secondary N) is 2. The van der Waals surface area contributed by atoms with Gasteiger partial charge in [-0.2, -0.15) is 0 Å². The van der Waals surface area contributed by atoms with E-state index in [2.05, 4.69) is 42.3 Å². The van der Waals surface area contributed by atoms with Crippen molar-refractivity contribution < 1.29 is 15.0 Å². The van der Waals surface area contributed by atoms with Gasteiger partial charge in [0, 0.05) is 50.8 Å². The molecule has 0 saturated carbocycles. The van der Waals surface area contributed by atoms with Crippen molar-refractivity contribution in [3.05, 3.63) is 115 Å². The van der Waals surface area contributed by atoms with Crippen molar-refractivity contribution in [2.24, 2.45) is 0 Å². The largest absolute Gasteiger partial charge is 0.507 e. The third-order valence-electron chi connectivity index (χ3n) is 8.86. The van der Waals surface area contributed by atoms with Crippen LogP contribution in [0.3, 0.4) is 0 Å². The number of carboxylic acids is 1. The van der Waals surface area contributed by atoms with Gasteiger partial charge in [-0.3, -0.25) is 9.78 Å². The Morgan fingerprint density at radius 3 is 2.38 bits per heavy atom. The molecule has 0 spiro atoms. The number of pyridine rings is 2. The smallest absolute Gasteiger partial charge is 0.336 e. The number of halogens is 1. The first-order valence-corrected chi connectivity index (χ1v) is 15.2. The number of aromatic carboxylic acids is 1. The van der Waals surface area contributed by atoms with E-state index in [-0.39, 0.29) is 33.8 Å². The van der Waals surface area contributed by atoms with E-state index in [0.29, 0.717) is 50.0 Å². The average molecular weight is 620 g/mol. The second kappa shape index (κ2) is 11.3. The van der Waals surface area contributed by atoms with Gasteiger partial charge in [0.1, 0.15) is 5.75 Å². The van der Waals surface area contributed by atoms with E-state index in [9.17, 15) is 19.8 Å². The van der Waals surface area contributed by atoms with Crippen molar-refractivity contribution in [2.75, 3.05) is 0 Å². The summed E-state index contributed by atoms with van der Waals surface area (Å²) in [5, 5.41) is 27.3. The maximum Gasteiger partial charge on any atom is 0.336 e. The average Bonchev–Trinajstić information content (AvgIpc) is 3.00. The van der Waals surface area contributed by atoms with Gasteiger partial charge in [-0.1, -0.05) is 48.0 Å². The van der Waals surface area contributed by atoms with Crippen molar-refractivity contribution >= 4 is 39.4 Å². The number of aromatic nitrogens is 2. The summed E-state index contributed by atoms with van der Waals surface area (Å²) in [4.78, 5) is 33.8. The molecule has 2 unspecified atom stereocenters. The summed E-state index contributed by atoms with van der Waals surface area (Å²) in [6, 6.07) is 18.0. The molecule has 1 aliphatic carbocycles. The Morgan fingerprint density at radius 2 is 1.64 bits per heavy atom. The first-order chi connectivity index (χ1) is 21.4. The quantitative estimate of drug-likeness (QED) is 0.139. The summed E-state index contributed by atoms with van der Waals surface area (Å²) >= 11 is 6.42. The van der Waals surface area contributed by atoms with Gasteiger partial charge in [0.15, 0.2) is 0 Å². The standard InChI is InChI=1S/C37H34ClN3O4/c1-17-11-13-24(33-23(17)14-12-19(3)39-33)21(5)40-22(6)30-34-27(15-18(2)35(30)42)31(25-9-7-8-10-26(25)37(44)45)28-16-29(38)36(43)20(4)32(28)41-34/h7-16,21-22,40-42H,1-6H3,(H,44,45). The van der Waals surface area contributed by atoms with Crippen LogP contribution in [0, 0.1) is 27.7 Å². The zero-order chi connectivity index (χ0) is 32.3. The highest BCUT2D eigenvalue weighted by atomic mass is 35.5. The molecule has 0 radical (unpaired) electrons. The number of aromatic hydroxyl groups is 1. The lowest BCUT2D eigenvalue weighted by molar-refractivity contribution is 0.0697. The summed E-state index contributed by atoms with van der Waals surface area (Å²) < 4.78 is 0. The number of aromatic amines is 1. The Labute approximate surface area is 265 Å². The van der Waals surface area contributed by atoms with Crippen LogP contribution >= 0.6 is 11.6 Å². The van der Waals surface area contributed by atoms with Crippen LogP contribution in [0.1, 0.15) is 69.8 Å². The molecule has 2 aliphatic rings. The highest BCUT2D eigenvalue weighted by molar-refractivity contribution is 6.31. The summed E-state index contributed by atoms with van der Waals surface area (Å²) in [6.45, 7) is 11.6. The molecule has 2 heterocycles. The molecule has 8 heteroatoms. The molecule has 0 amide bonds. The fourth-order valence-electron chi connectivity index (χ4n) is 6.53. The zero-order valence-electron chi connectivity index (χ0n) is 26.0. The minimum Gasteiger partial charge on any atom is -0.507 e. The van der Waals surface area contributed by atoms with E-state index in [0.717, 1.165) is 27.7 Å². The summed E-state index contributed by atoms with van der Waals surface area (Å²) in [7, 11) is 0. The number of carboxylic acid groups (broad SMARTS) is 1. The van der Waals surface area contributed by atoms with E-state index in [1.807, 2.05) is 32.9 Å². The van der Waals surface area contributed by atoms with Crippen molar-refractivity contribution in [3.63, 3.8) is 0 Å². The monoisotopic (exact) mass is 619 g/mol. The first-order valence-electron chi connectivity index (χ1n) is 14.9.